The molecule has 0 aromatic carbocycles. The number of hydrogen-bond acceptors (Lipinski definition) is 3. The quantitative estimate of drug-likeness (QED) is 0.661. The molecule has 82 valence electrons. The van der Waals surface area contributed by atoms with Crippen molar-refractivity contribution in [2.24, 2.45) is 5.92 Å². The first kappa shape index (κ1) is 10.4. The Morgan fingerprint density at radius 3 is 2.86 bits per heavy atom. The van der Waals surface area contributed by atoms with Crippen molar-refractivity contribution in [3.05, 3.63) is 0 Å². The van der Waals surface area contributed by atoms with Crippen molar-refractivity contribution in [1.82, 2.24) is 10.6 Å². The fraction of sp³-hybridized carbons (Fsp3) is 1.00. The molecule has 2 N–H and O–H groups in total. The molecule has 0 radical (unpaired) electrons. The summed E-state index contributed by atoms with van der Waals surface area (Å²) in [4.78, 5) is 0. The van der Waals surface area contributed by atoms with Crippen molar-refractivity contribution in [3.63, 3.8) is 0 Å². The van der Waals surface area contributed by atoms with Crippen LogP contribution < -0.4 is 10.6 Å². The summed E-state index contributed by atoms with van der Waals surface area (Å²) in [5.74, 6) is 0.748. The second-order valence-corrected chi connectivity index (χ2v) is 4.72. The minimum absolute atomic E-state index is 0.594. The highest BCUT2D eigenvalue weighted by molar-refractivity contribution is 4.82. The highest BCUT2D eigenvalue weighted by atomic mass is 16.5. The molecule has 3 nitrogen and oxygen atoms in total. The first-order valence-corrected chi connectivity index (χ1v) is 5.89. The van der Waals surface area contributed by atoms with Gasteiger partial charge in [0.1, 0.15) is 0 Å². The van der Waals surface area contributed by atoms with Gasteiger partial charge in [-0.25, -0.2) is 0 Å². The number of ether oxygens (including phenoxy) is 1. The molecular weight excluding hydrogens is 176 g/mol. The average Bonchev–Trinajstić information content (AvgIpc) is 2.87. The molecular formula is C11H22N2O. The Hall–Kier alpha value is -0.120. The number of hydrogen-bond donors (Lipinski definition) is 2. The first-order chi connectivity index (χ1) is 6.84. The fourth-order valence-electron chi connectivity index (χ4n) is 1.82. The lowest BCUT2D eigenvalue weighted by Crippen LogP contribution is -2.39. The standard InChI is InChI=1S/C11H22N2O/c1-9(6-13-11-2-3-11)12-7-10-4-5-14-8-10/h9-13H,2-8H2,1H3. The molecule has 0 bridgehead atoms. The van der Waals surface area contributed by atoms with Crippen LogP contribution in [0.2, 0.25) is 0 Å². The summed E-state index contributed by atoms with van der Waals surface area (Å²) in [5, 5.41) is 7.10. The summed E-state index contributed by atoms with van der Waals surface area (Å²) in [6.07, 6.45) is 3.99. The van der Waals surface area contributed by atoms with Crippen LogP contribution in [-0.2, 0) is 4.74 Å². The summed E-state index contributed by atoms with van der Waals surface area (Å²) in [6, 6.07) is 1.42. The Morgan fingerprint density at radius 2 is 2.21 bits per heavy atom. The maximum absolute atomic E-state index is 5.34. The fourth-order valence-corrected chi connectivity index (χ4v) is 1.82. The van der Waals surface area contributed by atoms with Gasteiger partial charge in [0, 0.05) is 31.8 Å². The van der Waals surface area contributed by atoms with Crippen LogP contribution in [-0.4, -0.2) is 38.4 Å². The second kappa shape index (κ2) is 5.10. The Labute approximate surface area is 86.6 Å². The van der Waals surface area contributed by atoms with Gasteiger partial charge in [-0.15, -0.1) is 0 Å². The normalized spacial score (nSPS) is 29.4. The van der Waals surface area contributed by atoms with Gasteiger partial charge >= 0.3 is 0 Å². The van der Waals surface area contributed by atoms with E-state index in [1.165, 1.54) is 19.3 Å². The summed E-state index contributed by atoms with van der Waals surface area (Å²) in [7, 11) is 0. The van der Waals surface area contributed by atoms with Crippen LogP contribution in [0.4, 0.5) is 0 Å². The molecule has 1 aliphatic heterocycles. The predicted molar refractivity (Wildman–Crippen MR) is 57.4 cm³/mol. The van der Waals surface area contributed by atoms with Crippen molar-refractivity contribution in [2.45, 2.75) is 38.3 Å². The third-order valence-corrected chi connectivity index (χ3v) is 3.07. The lowest BCUT2D eigenvalue weighted by atomic mass is 10.1. The third kappa shape index (κ3) is 3.56. The lowest BCUT2D eigenvalue weighted by Gasteiger charge is -2.16. The van der Waals surface area contributed by atoms with E-state index >= 15 is 0 Å². The predicted octanol–water partition coefficient (Wildman–Crippen LogP) is 0.753. The minimum atomic E-state index is 0.594. The number of nitrogens with one attached hydrogen (secondary N) is 2. The van der Waals surface area contributed by atoms with E-state index in [2.05, 4.69) is 17.6 Å². The smallest absolute Gasteiger partial charge is 0.0507 e. The van der Waals surface area contributed by atoms with Gasteiger partial charge in [-0.3, -0.25) is 0 Å². The highest BCUT2D eigenvalue weighted by Gasteiger charge is 2.21. The van der Waals surface area contributed by atoms with Crippen molar-refractivity contribution in [2.75, 3.05) is 26.3 Å². The average molecular weight is 198 g/mol. The van der Waals surface area contributed by atoms with Gasteiger partial charge in [0.2, 0.25) is 0 Å². The van der Waals surface area contributed by atoms with Gasteiger partial charge in [-0.1, -0.05) is 0 Å². The Bertz CT molecular complexity index is 165. The van der Waals surface area contributed by atoms with E-state index in [4.69, 9.17) is 4.74 Å². The van der Waals surface area contributed by atoms with Crippen LogP contribution in [0.5, 0.6) is 0 Å². The summed E-state index contributed by atoms with van der Waals surface area (Å²) in [5.41, 5.74) is 0. The van der Waals surface area contributed by atoms with Crippen molar-refractivity contribution in [1.29, 1.82) is 0 Å². The molecule has 2 atom stereocenters. The van der Waals surface area contributed by atoms with E-state index in [9.17, 15) is 0 Å². The van der Waals surface area contributed by atoms with Crippen LogP contribution in [0.1, 0.15) is 26.2 Å². The zero-order valence-electron chi connectivity index (χ0n) is 9.09. The monoisotopic (exact) mass is 198 g/mol. The molecule has 1 heterocycles. The van der Waals surface area contributed by atoms with Crippen molar-refractivity contribution < 1.29 is 4.74 Å². The minimum Gasteiger partial charge on any atom is -0.381 e. The zero-order valence-corrected chi connectivity index (χ0v) is 9.09. The molecule has 0 amide bonds. The molecule has 3 heteroatoms. The van der Waals surface area contributed by atoms with Crippen LogP contribution in [0.3, 0.4) is 0 Å². The Balaban J connectivity index is 1.50. The SMILES string of the molecule is CC(CNC1CC1)NCC1CCOC1. The number of rotatable bonds is 6. The van der Waals surface area contributed by atoms with Gasteiger partial charge in [-0.05, 0) is 32.1 Å². The van der Waals surface area contributed by atoms with Crippen LogP contribution in [0.15, 0.2) is 0 Å². The molecule has 0 spiro atoms. The Morgan fingerprint density at radius 1 is 1.36 bits per heavy atom. The van der Waals surface area contributed by atoms with E-state index in [1.54, 1.807) is 0 Å². The van der Waals surface area contributed by atoms with Crippen molar-refractivity contribution in [3.8, 4) is 0 Å². The van der Waals surface area contributed by atoms with Gasteiger partial charge in [0.05, 0.1) is 6.61 Å². The lowest BCUT2D eigenvalue weighted by molar-refractivity contribution is 0.184. The molecule has 14 heavy (non-hydrogen) atoms. The summed E-state index contributed by atoms with van der Waals surface area (Å²) >= 11 is 0. The largest absolute Gasteiger partial charge is 0.381 e. The van der Waals surface area contributed by atoms with Gasteiger partial charge in [0.25, 0.3) is 0 Å². The van der Waals surface area contributed by atoms with Crippen LogP contribution >= 0.6 is 0 Å². The van der Waals surface area contributed by atoms with E-state index in [-0.39, 0.29) is 0 Å². The van der Waals surface area contributed by atoms with Gasteiger partial charge in [0.15, 0.2) is 0 Å². The summed E-state index contributed by atoms with van der Waals surface area (Å²) < 4.78 is 5.34. The third-order valence-electron chi connectivity index (χ3n) is 3.07. The first-order valence-electron chi connectivity index (χ1n) is 5.89. The molecule has 1 aliphatic carbocycles. The topological polar surface area (TPSA) is 33.3 Å². The molecule has 2 aliphatic rings. The van der Waals surface area contributed by atoms with Crippen LogP contribution in [0, 0.1) is 5.92 Å². The maximum atomic E-state index is 5.34. The molecule has 1 saturated heterocycles. The van der Waals surface area contributed by atoms with Gasteiger partial charge < -0.3 is 15.4 Å². The van der Waals surface area contributed by atoms with E-state index in [0.29, 0.717) is 6.04 Å². The maximum Gasteiger partial charge on any atom is 0.0507 e. The zero-order chi connectivity index (χ0) is 9.80. The summed E-state index contributed by atoms with van der Waals surface area (Å²) in [6.45, 7) is 6.40. The molecule has 1 saturated carbocycles. The molecule has 2 rings (SSSR count). The molecule has 0 aromatic rings. The van der Waals surface area contributed by atoms with Crippen LogP contribution in [0.25, 0.3) is 0 Å². The van der Waals surface area contributed by atoms with E-state index in [0.717, 1.165) is 38.3 Å². The molecule has 0 aromatic heterocycles. The van der Waals surface area contributed by atoms with Gasteiger partial charge in [-0.2, -0.15) is 0 Å². The van der Waals surface area contributed by atoms with E-state index in [1.807, 2.05) is 0 Å². The Kier molecular flexibility index (Phi) is 3.79. The molecule has 2 fully saturated rings. The second-order valence-electron chi connectivity index (χ2n) is 4.72. The highest BCUT2D eigenvalue weighted by Crippen LogP contribution is 2.18. The van der Waals surface area contributed by atoms with E-state index < -0.39 is 0 Å². The van der Waals surface area contributed by atoms with Crippen molar-refractivity contribution >= 4 is 0 Å². The molecule has 2 unspecified atom stereocenters.